The van der Waals surface area contributed by atoms with Crippen molar-refractivity contribution in [3.8, 4) is 0 Å². The fraction of sp³-hybridized carbons (Fsp3) is 0.500. The zero-order chi connectivity index (χ0) is 14.8. The maximum absolute atomic E-state index is 12.7. The molecular weight excluding hydrogens is 307 g/mol. The van der Waals surface area contributed by atoms with Crippen LogP contribution in [-0.2, 0) is 4.57 Å². The maximum atomic E-state index is 12.7. The summed E-state index contributed by atoms with van der Waals surface area (Å²) in [6.07, 6.45) is 3.63. The number of hydrogen-bond donors (Lipinski definition) is 1. The van der Waals surface area contributed by atoms with Gasteiger partial charge in [-0.1, -0.05) is 54.3 Å². The highest BCUT2D eigenvalue weighted by Crippen LogP contribution is 2.65. The van der Waals surface area contributed by atoms with Gasteiger partial charge in [0, 0.05) is 11.5 Å². The first-order valence-electron chi connectivity index (χ1n) is 6.85. The van der Waals surface area contributed by atoms with Crippen molar-refractivity contribution in [3.05, 3.63) is 29.8 Å². The highest BCUT2D eigenvalue weighted by Gasteiger charge is 2.21. The van der Waals surface area contributed by atoms with Crippen molar-refractivity contribution in [1.29, 1.82) is 0 Å². The second kappa shape index (κ2) is 9.54. The van der Waals surface area contributed by atoms with Crippen LogP contribution in [0.2, 0.25) is 0 Å². The van der Waals surface area contributed by atoms with Crippen LogP contribution >= 0.6 is 28.5 Å². The Balaban J connectivity index is 2.60. The molecule has 1 N–H and O–H groups in total. The quantitative estimate of drug-likeness (QED) is 0.361. The number of aliphatic imine (C=N–C) groups is 1. The molecule has 0 atom stereocenters. The van der Waals surface area contributed by atoms with Gasteiger partial charge in [0.05, 0.1) is 12.0 Å². The van der Waals surface area contributed by atoms with Crippen molar-refractivity contribution in [2.45, 2.75) is 33.6 Å². The molecule has 0 radical (unpaired) electrons. The van der Waals surface area contributed by atoms with Gasteiger partial charge >= 0.3 is 0 Å². The molecule has 112 valence electrons. The van der Waals surface area contributed by atoms with E-state index in [1.807, 2.05) is 31.2 Å². The van der Waals surface area contributed by atoms with Crippen molar-refractivity contribution in [2.75, 3.05) is 11.5 Å². The molecule has 0 amide bonds. The Kier molecular flexibility index (Phi) is 8.43. The zero-order valence-corrected chi connectivity index (χ0v) is 14.9. The minimum atomic E-state index is -2.46. The largest absolute Gasteiger partial charge is 0.311 e. The van der Waals surface area contributed by atoms with Crippen LogP contribution in [-0.4, -0.2) is 17.8 Å². The summed E-state index contributed by atoms with van der Waals surface area (Å²) in [5.74, 6) is 1.80. The third-order valence-corrected chi connectivity index (χ3v) is 10.4. The van der Waals surface area contributed by atoms with E-state index in [2.05, 4.69) is 23.9 Å². The summed E-state index contributed by atoms with van der Waals surface area (Å²) < 4.78 is 12.7. The monoisotopic (exact) mass is 330 g/mol. The van der Waals surface area contributed by atoms with E-state index >= 15 is 0 Å². The van der Waals surface area contributed by atoms with Crippen LogP contribution in [0, 0.1) is 6.92 Å². The summed E-state index contributed by atoms with van der Waals surface area (Å²) in [5.41, 5.74) is -0.386. The highest BCUT2D eigenvalue weighted by atomic mass is 33.1. The van der Waals surface area contributed by atoms with E-state index in [9.17, 15) is 4.57 Å². The van der Waals surface area contributed by atoms with Gasteiger partial charge < -0.3 is 5.09 Å². The minimum absolute atomic E-state index is 0.871. The SMILES string of the molecule is CCCSP(=O)(NC=Nc1ccc(C)cc1)SCCC. The van der Waals surface area contributed by atoms with Gasteiger partial charge in [0.15, 0.2) is 0 Å². The van der Waals surface area contributed by atoms with Gasteiger partial charge in [0.1, 0.15) is 0 Å². The Bertz CT molecular complexity index is 451. The van der Waals surface area contributed by atoms with Gasteiger partial charge in [-0.15, -0.1) is 0 Å². The number of aryl methyl sites for hydroxylation is 1. The lowest BCUT2D eigenvalue weighted by molar-refractivity contribution is 0.592. The molecule has 0 aliphatic rings. The molecule has 0 unspecified atom stereocenters. The molecule has 20 heavy (non-hydrogen) atoms. The zero-order valence-electron chi connectivity index (χ0n) is 12.3. The molecule has 1 aromatic carbocycles. The Morgan fingerprint density at radius 3 is 2.20 bits per heavy atom. The van der Waals surface area contributed by atoms with Crippen LogP contribution in [0.1, 0.15) is 32.3 Å². The molecule has 0 spiro atoms. The van der Waals surface area contributed by atoms with E-state index in [4.69, 9.17) is 0 Å². The molecule has 0 aliphatic heterocycles. The topological polar surface area (TPSA) is 41.5 Å². The van der Waals surface area contributed by atoms with Crippen molar-refractivity contribution in [2.24, 2.45) is 4.99 Å². The van der Waals surface area contributed by atoms with Gasteiger partial charge in [0.25, 0.3) is 5.70 Å². The first-order chi connectivity index (χ1) is 9.59. The third kappa shape index (κ3) is 6.87. The summed E-state index contributed by atoms with van der Waals surface area (Å²) in [5, 5.41) is 3.02. The van der Waals surface area contributed by atoms with Crippen LogP contribution < -0.4 is 5.09 Å². The summed E-state index contributed by atoms with van der Waals surface area (Å²) in [6.45, 7) is 6.24. The van der Waals surface area contributed by atoms with E-state index in [0.717, 1.165) is 30.0 Å². The molecule has 3 nitrogen and oxygen atoms in total. The molecule has 0 fully saturated rings. The molecule has 0 heterocycles. The van der Waals surface area contributed by atoms with Gasteiger partial charge in [0.2, 0.25) is 0 Å². The second-order valence-corrected chi connectivity index (χ2v) is 12.3. The molecule has 6 heteroatoms. The predicted octanol–water partition coefficient (Wildman–Crippen LogP) is 5.64. The Hall–Kier alpha value is -0.380. The smallest absolute Gasteiger partial charge is 0.278 e. The minimum Gasteiger partial charge on any atom is -0.311 e. The first-order valence-corrected chi connectivity index (χ1v) is 11.7. The standard InChI is InChI=1S/C14H23N2OPS2/c1-4-10-19-18(17,20-11-5-2)16-12-15-14-8-6-13(3)7-9-14/h6-9,12H,4-5,10-11H2,1-3H3,(H,15,16,17). The summed E-state index contributed by atoms with van der Waals surface area (Å²) in [6, 6.07) is 7.95. The van der Waals surface area contributed by atoms with Gasteiger partial charge in [-0.2, -0.15) is 0 Å². The highest BCUT2D eigenvalue weighted by molar-refractivity contribution is 8.90. The molecule has 0 bridgehead atoms. The summed E-state index contributed by atoms with van der Waals surface area (Å²) >= 11 is 3.04. The molecule has 1 aromatic rings. The predicted molar refractivity (Wildman–Crippen MR) is 95.6 cm³/mol. The number of rotatable bonds is 9. The fourth-order valence-corrected chi connectivity index (χ4v) is 8.11. The molecule has 0 saturated heterocycles. The van der Waals surface area contributed by atoms with Crippen molar-refractivity contribution >= 4 is 40.5 Å². The Labute approximate surface area is 130 Å². The van der Waals surface area contributed by atoms with Crippen LogP contribution in [0.15, 0.2) is 29.3 Å². The van der Waals surface area contributed by atoms with Crippen LogP contribution in [0.3, 0.4) is 0 Å². The Morgan fingerprint density at radius 1 is 1.15 bits per heavy atom. The van der Waals surface area contributed by atoms with E-state index in [1.165, 1.54) is 28.3 Å². The van der Waals surface area contributed by atoms with Crippen LogP contribution in [0.25, 0.3) is 0 Å². The number of hydrogen-bond acceptors (Lipinski definition) is 4. The van der Waals surface area contributed by atoms with Crippen molar-refractivity contribution in [1.82, 2.24) is 5.09 Å². The normalized spacial score (nSPS) is 11.9. The average Bonchev–Trinajstić information content (AvgIpc) is 2.45. The molecule has 0 saturated carbocycles. The third-order valence-electron chi connectivity index (χ3n) is 2.39. The summed E-state index contributed by atoms with van der Waals surface area (Å²) in [4.78, 5) is 4.31. The van der Waals surface area contributed by atoms with E-state index < -0.39 is 5.70 Å². The molecule has 1 rings (SSSR count). The molecule has 0 aromatic heterocycles. The fourth-order valence-electron chi connectivity index (χ4n) is 1.34. The maximum Gasteiger partial charge on any atom is 0.278 e. The van der Waals surface area contributed by atoms with Crippen molar-refractivity contribution in [3.63, 3.8) is 0 Å². The molecule has 0 aliphatic carbocycles. The van der Waals surface area contributed by atoms with Crippen LogP contribution in [0.4, 0.5) is 5.69 Å². The van der Waals surface area contributed by atoms with E-state index in [1.54, 1.807) is 6.34 Å². The van der Waals surface area contributed by atoms with Gasteiger partial charge in [-0.25, -0.2) is 4.99 Å². The number of benzene rings is 1. The van der Waals surface area contributed by atoms with E-state index in [-0.39, 0.29) is 0 Å². The lowest BCUT2D eigenvalue weighted by Crippen LogP contribution is -2.03. The number of nitrogens with zero attached hydrogens (tertiary/aromatic N) is 1. The van der Waals surface area contributed by atoms with E-state index in [0.29, 0.717) is 0 Å². The van der Waals surface area contributed by atoms with Crippen LogP contribution in [0.5, 0.6) is 0 Å². The van der Waals surface area contributed by atoms with Gasteiger partial charge in [-0.05, 0) is 31.9 Å². The van der Waals surface area contributed by atoms with Crippen molar-refractivity contribution < 1.29 is 4.57 Å². The number of nitrogens with one attached hydrogen (secondary N) is 1. The first kappa shape index (κ1) is 17.7. The Morgan fingerprint density at radius 2 is 1.70 bits per heavy atom. The summed E-state index contributed by atoms with van der Waals surface area (Å²) in [7, 11) is 0. The second-order valence-electron chi connectivity index (χ2n) is 4.39. The lowest BCUT2D eigenvalue weighted by Gasteiger charge is -2.15. The lowest BCUT2D eigenvalue weighted by atomic mass is 10.2. The van der Waals surface area contributed by atoms with Gasteiger partial charge in [-0.3, -0.25) is 4.57 Å². The average molecular weight is 330 g/mol. The molecular formula is C14H23N2OPS2.